The van der Waals surface area contributed by atoms with Crippen LogP contribution >= 0.6 is 22.7 Å². The summed E-state index contributed by atoms with van der Waals surface area (Å²) in [7, 11) is -1.92. The van der Waals surface area contributed by atoms with Crippen LogP contribution in [0.4, 0.5) is 0 Å². The molecule has 0 amide bonds. The van der Waals surface area contributed by atoms with Gasteiger partial charge in [-0.05, 0) is 95.5 Å². The Morgan fingerprint density at radius 3 is 1.84 bits per heavy atom. The van der Waals surface area contributed by atoms with Gasteiger partial charge in [-0.2, -0.15) is 0 Å². The smallest absolute Gasteiger partial charge is 0.196 e. The molecule has 1 aliphatic rings. The van der Waals surface area contributed by atoms with Gasteiger partial charge in [-0.3, -0.25) is 0 Å². The van der Waals surface area contributed by atoms with Gasteiger partial charge in [-0.1, -0.05) is 49.0 Å². The molecule has 0 saturated carbocycles. The Bertz CT molecular complexity index is 2670. The Morgan fingerprint density at radius 2 is 1.12 bits per heavy atom. The van der Waals surface area contributed by atoms with Crippen LogP contribution in [-0.4, -0.2) is 12.6 Å². The average molecular weight is 610 g/mol. The number of hydrogen-bond donors (Lipinski definition) is 0. The maximum atomic E-state index is 6.81. The van der Waals surface area contributed by atoms with E-state index < -0.39 is 8.07 Å². The molecule has 5 aromatic heterocycles. The first kappa shape index (κ1) is 24.4. The molecule has 0 fully saturated rings. The predicted molar refractivity (Wildman–Crippen MR) is 187 cm³/mol. The molecule has 208 valence electrons. The second-order valence-electron chi connectivity index (χ2n) is 12.8. The van der Waals surface area contributed by atoms with E-state index in [-0.39, 0.29) is 0 Å². The second-order valence-corrected chi connectivity index (χ2v) is 19.2. The Morgan fingerprint density at radius 1 is 0.558 bits per heavy atom. The van der Waals surface area contributed by atoms with Crippen molar-refractivity contribution >= 4 is 105 Å². The van der Waals surface area contributed by atoms with E-state index in [1.807, 2.05) is 22.7 Å². The summed E-state index contributed by atoms with van der Waals surface area (Å²) < 4.78 is 18.5. The fraction of sp³-hybridized carbons (Fsp3) is 0.135. The fourth-order valence-corrected chi connectivity index (χ4v) is 15.7. The Hall–Kier alpha value is -4.10. The van der Waals surface area contributed by atoms with E-state index in [4.69, 9.17) is 8.83 Å². The van der Waals surface area contributed by atoms with Crippen molar-refractivity contribution in [2.75, 3.05) is 0 Å². The summed E-state index contributed by atoms with van der Waals surface area (Å²) in [5, 5.41) is 8.26. The van der Waals surface area contributed by atoms with Crippen molar-refractivity contribution in [1.29, 1.82) is 0 Å². The minimum Gasteiger partial charge on any atom is -0.450 e. The first-order chi connectivity index (χ1) is 20.8. The summed E-state index contributed by atoms with van der Waals surface area (Å²) >= 11 is 3.95. The van der Waals surface area contributed by atoms with E-state index in [1.165, 1.54) is 46.6 Å². The summed E-state index contributed by atoms with van der Waals surface area (Å²) in [6, 6.07) is 26.9. The van der Waals surface area contributed by atoms with Crippen LogP contribution in [0.5, 0.6) is 0 Å². The standard InChI is InChI=1S/C37H27NO2S2Si/c1-18-6-10-21(11-7-18)38-30-22-12-8-19(2)14-26(22)39-32(30)33-31(38)24-17-29-25(16-27(24)40-33)37-35(42-29)34-36(43(37,4)5)23-13-9-20(3)15-28(23)41-34/h6-17H,1-5H3. The lowest BCUT2D eigenvalue weighted by Crippen LogP contribution is -2.49. The van der Waals surface area contributed by atoms with Crippen molar-refractivity contribution < 1.29 is 8.83 Å². The molecule has 0 bridgehead atoms. The molecule has 1 aliphatic heterocycles. The lowest BCUT2D eigenvalue weighted by molar-refractivity contribution is 0.634. The van der Waals surface area contributed by atoms with Gasteiger partial charge in [-0.15, -0.1) is 22.7 Å². The predicted octanol–water partition coefficient (Wildman–Crippen LogP) is 10.4. The lowest BCUT2D eigenvalue weighted by Gasteiger charge is -2.18. The summed E-state index contributed by atoms with van der Waals surface area (Å²) in [6.07, 6.45) is 0. The van der Waals surface area contributed by atoms with Crippen LogP contribution in [-0.2, 0) is 0 Å². The number of thiophene rings is 2. The quantitative estimate of drug-likeness (QED) is 0.173. The number of aromatic nitrogens is 1. The van der Waals surface area contributed by atoms with Gasteiger partial charge >= 0.3 is 0 Å². The van der Waals surface area contributed by atoms with E-state index >= 15 is 0 Å². The molecule has 0 saturated heterocycles. The number of rotatable bonds is 1. The number of benzene rings is 4. The van der Waals surface area contributed by atoms with E-state index in [9.17, 15) is 0 Å². The Balaban J connectivity index is 1.31. The highest BCUT2D eigenvalue weighted by Crippen LogP contribution is 2.48. The highest BCUT2D eigenvalue weighted by molar-refractivity contribution is 7.35. The third kappa shape index (κ3) is 2.99. The lowest BCUT2D eigenvalue weighted by atomic mass is 10.1. The molecule has 3 nitrogen and oxygen atoms in total. The summed E-state index contributed by atoms with van der Waals surface area (Å²) in [4.78, 5) is 2.98. The molecule has 0 radical (unpaired) electrons. The van der Waals surface area contributed by atoms with Crippen LogP contribution in [0.25, 0.3) is 79.8 Å². The second kappa shape index (κ2) is 7.88. The zero-order valence-electron chi connectivity index (χ0n) is 24.5. The van der Waals surface area contributed by atoms with Crippen molar-refractivity contribution in [1.82, 2.24) is 4.57 Å². The molecule has 9 aromatic rings. The van der Waals surface area contributed by atoms with Gasteiger partial charge in [0.25, 0.3) is 0 Å². The van der Waals surface area contributed by atoms with Gasteiger partial charge in [-0.25, -0.2) is 0 Å². The molecular formula is C37H27NO2S2Si. The van der Waals surface area contributed by atoms with Gasteiger partial charge in [0.1, 0.15) is 30.3 Å². The zero-order chi connectivity index (χ0) is 28.9. The van der Waals surface area contributed by atoms with Crippen LogP contribution in [0.3, 0.4) is 0 Å². The molecule has 6 heterocycles. The van der Waals surface area contributed by atoms with Crippen molar-refractivity contribution in [3.8, 4) is 15.4 Å². The van der Waals surface area contributed by atoms with Gasteiger partial charge in [0.15, 0.2) is 11.2 Å². The molecule has 10 rings (SSSR count). The van der Waals surface area contributed by atoms with Crippen molar-refractivity contribution in [3.05, 3.63) is 89.5 Å². The number of nitrogens with zero attached hydrogens (tertiary/aromatic N) is 1. The molecule has 0 atom stereocenters. The van der Waals surface area contributed by atoms with E-state index in [0.29, 0.717) is 0 Å². The van der Waals surface area contributed by atoms with Crippen molar-refractivity contribution in [3.63, 3.8) is 0 Å². The highest BCUT2D eigenvalue weighted by atomic mass is 32.1. The Labute approximate surface area is 256 Å². The molecule has 0 unspecified atom stereocenters. The highest BCUT2D eigenvalue weighted by Gasteiger charge is 2.43. The largest absolute Gasteiger partial charge is 0.450 e. The van der Waals surface area contributed by atoms with Crippen LogP contribution in [0.1, 0.15) is 16.7 Å². The molecule has 6 heteroatoms. The van der Waals surface area contributed by atoms with E-state index in [0.717, 1.165) is 49.8 Å². The topological polar surface area (TPSA) is 31.2 Å². The normalized spacial score (nSPS) is 14.3. The fourth-order valence-electron chi connectivity index (χ4n) is 7.57. The van der Waals surface area contributed by atoms with E-state index in [2.05, 4.69) is 111 Å². The van der Waals surface area contributed by atoms with Crippen molar-refractivity contribution in [2.45, 2.75) is 33.9 Å². The third-order valence-electron chi connectivity index (χ3n) is 9.54. The molecule has 0 spiro atoms. The average Bonchev–Trinajstić information content (AvgIpc) is 3.78. The first-order valence-corrected chi connectivity index (χ1v) is 19.4. The number of aryl methyl sites for hydroxylation is 3. The van der Waals surface area contributed by atoms with Gasteiger partial charge in [0, 0.05) is 35.6 Å². The number of fused-ring (bicyclic) bond motifs is 14. The van der Waals surface area contributed by atoms with E-state index in [1.54, 1.807) is 10.4 Å². The SMILES string of the molecule is Cc1ccc(-n2c3c4ccc(C)cc4oc3c3oc4cc5c6c(sc5cc4c32)-c2sc3cc(C)ccc3c2[Si]6(C)C)cc1. The van der Waals surface area contributed by atoms with Crippen LogP contribution in [0, 0.1) is 20.8 Å². The third-order valence-corrected chi connectivity index (χ3v) is 15.9. The van der Waals surface area contributed by atoms with Gasteiger partial charge in [0.2, 0.25) is 0 Å². The number of furan rings is 2. The van der Waals surface area contributed by atoms with Gasteiger partial charge < -0.3 is 13.4 Å². The maximum Gasteiger partial charge on any atom is 0.196 e. The summed E-state index contributed by atoms with van der Waals surface area (Å²) in [5.41, 5.74) is 10.5. The summed E-state index contributed by atoms with van der Waals surface area (Å²) in [5.74, 6) is 0. The monoisotopic (exact) mass is 609 g/mol. The maximum absolute atomic E-state index is 6.81. The summed E-state index contributed by atoms with van der Waals surface area (Å²) in [6.45, 7) is 11.5. The molecule has 43 heavy (non-hydrogen) atoms. The zero-order valence-corrected chi connectivity index (χ0v) is 27.1. The Kier molecular flexibility index (Phi) is 4.46. The molecule has 4 aromatic carbocycles. The minimum atomic E-state index is -1.92. The minimum absolute atomic E-state index is 0.819. The van der Waals surface area contributed by atoms with Gasteiger partial charge in [0.05, 0.1) is 0 Å². The van der Waals surface area contributed by atoms with Crippen LogP contribution < -0.4 is 10.4 Å². The molecule has 0 aliphatic carbocycles. The number of hydrogen-bond acceptors (Lipinski definition) is 4. The molecular weight excluding hydrogens is 583 g/mol. The first-order valence-electron chi connectivity index (χ1n) is 14.8. The van der Waals surface area contributed by atoms with Crippen molar-refractivity contribution in [2.24, 2.45) is 0 Å². The van der Waals surface area contributed by atoms with Crippen LogP contribution in [0.15, 0.2) is 81.6 Å². The molecule has 0 N–H and O–H groups in total. The van der Waals surface area contributed by atoms with Crippen LogP contribution in [0.2, 0.25) is 13.1 Å².